The Hall–Kier alpha value is -2.94. The van der Waals surface area contributed by atoms with E-state index in [0.717, 1.165) is 6.42 Å². The Morgan fingerprint density at radius 1 is 1.32 bits per heavy atom. The molecule has 1 aromatic rings. The molecule has 0 aromatic heterocycles. The zero-order chi connectivity index (χ0) is 20.6. The summed E-state index contributed by atoms with van der Waals surface area (Å²) in [6.07, 6.45) is -0.0175. The molecule has 0 bridgehead atoms. The van der Waals surface area contributed by atoms with Gasteiger partial charge >= 0.3 is 6.16 Å². The minimum Gasteiger partial charge on any atom is -0.450 e. The topological polar surface area (TPSA) is 146 Å². The number of imide groups is 1. The number of amides is 2. The number of nitrogens with two attached hydrogens (primary N) is 1. The van der Waals surface area contributed by atoms with E-state index in [0.29, 0.717) is 24.1 Å². The van der Waals surface area contributed by atoms with Gasteiger partial charge in [0.05, 0.1) is 5.92 Å². The van der Waals surface area contributed by atoms with E-state index in [9.17, 15) is 14.4 Å². The Morgan fingerprint density at radius 3 is 2.50 bits per heavy atom. The standard InChI is InChI=1S/C19H24N4O5/c1-3-4-9-23-16(24)12-13(17(23)25)19(2,28-18(26)27)22-14(12)10-5-7-11(8-6-10)15(20)21/h5-8,12-14,22H,3-4,9H2,1-2H3,(H3,20,21)(H,26,27). The number of nitrogen functional groups attached to an aromatic ring is 1. The number of hydrogen-bond acceptors (Lipinski definition) is 6. The van der Waals surface area contributed by atoms with E-state index in [4.69, 9.17) is 21.0 Å². The summed E-state index contributed by atoms with van der Waals surface area (Å²) in [5.41, 5.74) is 5.18. The van der Waals surface area contributed by atoms with Gasteiger partial charge in [-0.1, -0.05) is 37.6 Å². The average Bonchev–Trinajstić information content (AvgIpc) is 3.06. The summed E-state index contributed by atoms with van der Waals surface area (Å²) in [6.45, 7) is 3.75. The Balaban J connectivity index is 1.99. The molecule has 2 aliphatic heterocycles. The van der Waals surface area contributed by atoms with Crippen LogP contribution < -0.4 is 11.1 Å². The number of benzene rings is 1. The van der Waals surface area contributed by atoms with Crippen molar-refractivity contribution in [2.45, 2.75) is 38.5 Å². The van der Waals surface area contributed by atoms with Gasteiger partial charge in [0.25, 0.3) is 0 Å². The number of nitrogens with zero attached hydrogens (tertiary/aromatic N) is 1. The zero-order valence-corrected chi connectivity index (χ0v) is 15.8. The first-order chi connectivity index (χ1) is 13.2. The second-order valence-corrected chi connectivity index (χ2v) is 7.32. The predicted octanol–water partition coefficient (Wildman–Crippen LogP) is 1.43. The summed E-state index contributed by atoms with van der Waals surface area (Å²) in [6, 6.07) is 6.13. The molecule has 5 N–H and O–H groups in total. The van der Waals surface area contributed by atoms with E-state index < -0.39 is 35.7 Å². The quantitative estimate of drug-likeness (QED) is 0.249. The second kappa shape index (κ2) is 7.23. The number of rotatable bonds is 6. The lowest BCUT2D eigenvalue weighted by Gasteiger charge is -2.29. The normalized spacial score (nSPS) is 29.1. The minimum atomic E-state index is -1.52. The Bertz CT molecular complexity index is 824. The molecule has 4 unspecified atom stereocenters. The van der Waals surface area contributed by atoms with Crippen molar-refractivity contribution in [3.63, 3.8) is 0 Å². The van der Waals surface area contributed by atoms with Gasteiger partial charge in [-0.05, 0) is 18.9 Å². The molecule has 2 saturated heterocycles. The zero-order valence-electron chi connectivity index (χ0n) is 15.8. The van der Waals surface area contributed by atoms with Crippen molar-refractivity contribution in [3.05, 3.63) is 35.4 Å². The van der Waals surface area contributed by atoms with Crippen LogP contribution in [0.4, 0.5) is 4.79 Å². The van der Waals surface area contributed by atoms with Crippen molar-refractivity contribution in [1.82, 2.24) is 10.2 Å². The molecule has 9 nitrogen and oxygen atoms in total. The van der Waals surface area contributed by atoms with Crippen molar-refractivity contribution in [1.29, 1.82) is 5.41 Å². The predicted molar refractivity (Wildman–Crippen MR) is 99.5 cm³/mol. The number of carboxylic acid groups (broad SMARTS) is 1. The lowest BCUT2D eigenvalue weighted by Crippen LogP contribution is -2.50. The van der Waals surface area contributed by atoms with Gasteiger partial charge in [0, 0.05) is 18.2 Å². The number of fused-ring (bicyclic) bond motifs is 1. The van der Waals surface area contributed by atoms with Crippen LogP contribution >= 0.6 is 0 Å². The Kier molecular flexibility index (Phi) is 5.12. The number of unbranched alkanes of at least 4 members (excludes halogenated alkanes) is 1. The van der Waals surface area contributed by atoms with Crippen LogP contribution in [-0.4, -0.2) is 46.1 Å². The molecule has 2 aliphatic rings. The molecule has 4 atom stereocenters. The van der Waals surface area contributed by atoms with Crippen LogP contribution in [0.2, 0.25) is 0 Å². The third kappa shape index (κ3) is 3.22. The van der Waals surface area contributed by atoms with E-state index in [1.54, 1.807) is 24.3 Å². The van der Waals surface area contributed by atoms with Gasteiger partial charge in [0.2, 0.25) is 11.8 Å². The maximum Gasteiger partial charge on any atom is 0.507 e. The fourth-order valence-electron chi connectivity index (χ4n) is 4.13. The molecule has 2 amide bonds. The third-order valence-electron chi connectivity index (χ3n) is 5.45. The van der Waals surface area contributed by atoms with Gasteiger partial charge in [0.15, 0.2) is 5.72 Å². The second-order valence-electron chi connectivity index (χ2n) is 7.32. The highest BCUT2D eigenvalue weighted by atomic mass is 16.7. The first kappa shape index (κ1) is 19.8. The molecule has 150 valence electrons. The molecule has 0 radical (unpaired) electrons. The summed E-state index contributed by atoms with van der Waals surface area (Å²) in [7, 11) is 0. The lowest BCUT2D eigenvalue weighted by atomic mass is 9.85. The number of likely N-dealkylation sites (tertiary alicyclic amines) is 1. The van der Waals surface area contributed by atoms with Crippen molar-refractivity contribution in [2.75, 3.05) is 6.54 Å². The van der Waals surface area contributed by atoms with Crippen molar-refractivity contribution < 1.29 is 24.2 Å². The van der Waals surface area contributed by atoms with Crippen molar-refractivity contribution in [3.8, 4) is 0 Å². The lowest BCUT2D eigenvalue weighted by molar-refractivity contribution is -0.144. The van der Waals surface area contributed by atoms with Crippen LogP contribution in [-0.2, 0) is 14.3 Å². The Morgan fingerprint density at radius 2 is 1.96 bits per heavy atom. The first-order valence-corrected chi connectivity index (χ1v) is 9.18. The summed E-state index contributed by atoms with van der Waals surface area (Å²) < 4.78 is 5.05. The van der Waals surface area contributed by atoms with E-state index in [-0.39, 0.29) is 11.7 Å². The van der Waals surface area contributed by atoms with Gasteiger partial charge in [-0.25, -0.2) is 4.79 Å². The van der Waals surface area contributed by atoms with E-state index in [1.807, 2.05) is 6.92 Å². The number of ether oxygens (including phenoxy) is 1. The SMILES string of the molecule is CCCCN1C(=O)C2C(c3ccc(C(=N)N)cc3)NC(C)(OC(=O)O)C2C1=O. The average molecular weight is 388 g/mol. The van der Waals surface area contributed by atoms with Gasteiger partial charge in [-0.2, -0.15) is 0 Å². The molecule has 9 heteroatoms. The molecule has 3 rings (SSSR count). The molecular formula is C19H24N4O5. The van der Waals surface area contributed by atoms with Crippen molar-refractivity contribution in [2.24, 2.45) is 17.6 Å². The maximum atomic E-state index is 13.0. The fraction of sp³-hybridized carbons (Fsp3) is 0.474. The fourth-order valence-corrected chi connectivity index (χ4v) is 4.13. The van der Waals surface area contributed by atoms with Gasteiger partial charge in [0.1, 0.15) is 11.8 Å². The van der Waals surface area contributed by atoms with Crippen LogP contribution in [0.15, 0.2) is 24.3 Å². The minimum absolute atomic E-state index is 0.0827. The summed E-state index contributed by atoms with van der Waals surface area (Å²) in [5.74, 6) is -2.53. The van der Waals surface area contributed by atoms with E-state index in [2.05, 4.69) is 5.32 Å². The first-order valence-electron chi connectivity index (χ1n) is 9.18. The molecule has 2 fully saturated rings. The van der Waals surface area contributed by atoms with Crippen LogP contribution in [0.1, 0.15) is 43.9 Å². The van der Waals surface area contributed by atoms with Crippen LogP contribution in [0.5, 0.6) is 0 Å². The molecule has 0 aliphatic carbocycles. The molecular weight excluding hydrogens is 364 g/mol. The van der Waals surface area contributed by atoms with Crippen molar-refractivity contribution >= 4 is 23.8 Å². The largest absolute Gasteiger partial charge is 0.507 e. The Labute approximate surface area is 162 Å². The molecule has 28 heavy (non-hydrogen) atoms. The summed E-state index contributed by atoms with van der Waals surface area (Å²) >= 11 is 0. The van der Waals surface area contributed by atoms with E-state index >= 15 is 0 Å². The number of hydrogen-bond donors (Lipinski definition) is 4. The summed E-state index contributed by atoms with van der Waals surface area (Å²) in [5, 5.41) is 19.7. The molecule has 0 saturated carbocycles. The highest BCUT2D eigenvalue weighted by Gasteiger charge is 2.65. The molecule has 2 heterocycles. The maximum absolute atomic E-state index is 13.0. The number of carbonyl (C=O) groups excluding carboxylic acids is 2. The van der Waals surface area contributed by atoms with Gasteiger partial charge < -0.3 is 15.6 Å². The van der Waals surface area contributed by atoms with Crippen LogP contribution in [0.3, 0.4) is 0 Å². The highest BCUT2D eigenvalue weighted by molar-refractivity contribution is 6.06. The number of nitrogens with one attached hydrogen (secondary N) is 2. The summed E-state index contributed by atoms with van der Waals surface area (Å²) in [4.78, 5) is 38.5. The smallest absolute Gasteiger partial charge is 0.450 e. The molecule has 1 aromatic carbocycles. The van der Waals surface area contributed by atoms with Crippen LogP contribution in [0.25, 0.3) is 0 Å². The number of carbonyl (C=O) groups is 3. The highest BCUT2D eigenvalue weighted by Crippen LogP contribution is 2.49. The monoisotopic (exact) mass is 388 g/mol. The molecule has 0 spiro atoms. The number of amidine groups is 1. The van der Waals surface area contributed by atoms with Gasteiger partial charge in [-0.15, -0.1) is 0 Å². The van der Waals surface area contributed by atoms with Gasteiger partial charge in [-0.3, -0.25) is 25.2 Å². The third-order valence-corrected chi connectivity index (χ3v) is 5.45. The van der Waals surface area contributed by atoms with Crippen LogP contribution in [0, 0.1) is 17.2 Å². The van der Waals surface area contributed by atoms with E-state index in [1.165, 1.54) is 11.8 Å².